The van der Waals surface area contributed by atoms with E-state index in [9.17, 15) is 22.4 Å². The fourth-order valence-corrected chi connectivity index (χ4v) is 5.06. The van der Waals surface area contributed by atoms with Crippen LogP contribution in [0.1, 0.15) is 5.56 Å². The number of anilines is 3. The molecule has 0 aliphatic rings. The van der Waals surface area contributed by atoms with Gasteiger partial charge in [-0.05, 0) is 36.4 Å². The number of aryl methyl sites for hydroxylation is 1. The number of carbonyl (C=O) groups excluding carboxylic acids is 1. The van der Waals surface area contributed by atoms with Crippen LogP contribution in [0.15, 0.2) is 61.2 Å². The van der Waals surface area contributed by atoms with Crippen LogP contribution >= 0.6 is 11.3 Å². The number of benzene rings is 2. The van der Waals surface area contributed by atoms with Crippen molar-refractivity contribution >= 4 is 44.8 Å². The Kier molecular flexibility index (Phi) is 5.79. The highest BCUT2D eigenvalue weighted by atomic mass is 32.1. The molecule has 0 spiro atoms. The van der Waals surface area contributed by atoms with E-state index in [1.165, 1.54) is 29.8 Å². The zero-order chi connectivity index (χ0) is 26.5. The molecule has 0 fully saturated rings. The van der Waals surface area contributed by atoms with Crippen LogP contribution in [0.5, 0.6) is 0 Å². The van der Waals surface area contributed by atoms with Gasteiger partial charge in [0.15, 0.2) is 0 Å². The van der Waals surface area contributed by atoms with E-state index in [0.29, 0.717) is 56.1 Å². The Hall–Kier alpha value is -4.52. The molecule has 0 saturated carbocycles. The summed E-state index contributed by atoms with van der Waals surface area (Å²) in [5.74, 6) is -0.710. The Morgan fingerprint density at radius 1 is 1.08 bits per heavy atom. The van der Waals surface area contributed by atoms with E-state index in [1.807, 2.05) is 6.07 Å². The average molecular weight is 528 g/mol. The predicted octanol–water partition coefficient (Wildman–Crippen LogP) is 5.72. The first-order valence-corrected chi connectivity index (χ1v) is 11.4. The first kappa shape index (κ1) is 24.2. The monoisotopic (exact) mass is 527 g/mol. The normalized spacial score (nSPS) is 11.7. The van der Waals surface area contributed by atoms with E-state index in [1.54, 1.807) is 30.1 Å². The summed E-state index contributed by atoms with van der Waals surface area (Å²) in [5, 5.41) is 0.684. The largest absolute Gasteiger partial charge is 0.416 e. The number of rotatable bonds is 4. The maximum Gasteiger partial charge on any atom is 0.416 e. The number of halogens is 4. The van der Waals surface area contributed by atoms with Crippen LogP contribution in [-0.4, -0.2) is 25.6 Å². The molecule has 2 amide bonds. The number of imidazole rings is 1. The minimum atomic E-state index is -4.74. The molecule has 4 N–H and O–H groups in total. The number of carbonyl (C=O) groups is 1. The average Bonchev–Trinajstić information content (AvgIpc) is 3.44. The van der Waals surface area contributed by atoms with E-state index in [4.69, 9.17) is 11.5 Å². The summed E-state index contributed by atoms with van der Waals surface area (Å²) < 4.78 is 56.3. The van der Waals surface area contributed by atoms with Crippen molar-refractivity contribution in [1.82, 2.24) is 19.5 Å². The quantitative estimate of drug-likeness (QED) is 0.290. The molecule has 3 heterocycles. The van der Waals surface area contributed by atoms with E-state index in [-0.39, 0.29) is 5.69 Å². The Balaban J connectivity index is 1.63. The van der Waals surface area contributed by atoms with Gasteiger partial charge in [-0.1, -0.05) is 12.1 Å². The number of thiophene rings is 1. The van der Waals surface area contributed by atoms with Crippen LogP contribution in [0.25, 0.3) is 32.0 Å². The van der Waals surface area contributed by atoms with Gasteiger partial charge in [0, 0.05) is 12.6 Å². The van der Waals surface area contributed by atoms with E-state index in [0.717, 1.165) is 4.88 Å². The van der Waals surface area contributed by atoms with Gasteiger partial charge >= 0.3 is 12.2 Å². The highest BCUT2D eigenvalue weighted by molar-refractivity contribution is 7.21. The molecule has 5 rings (SSSR count). The predicted molar refractivity (Wildman–Crippen MR) is 133 cm³/mol. The third kappa shape index (κ3) is 4.33. The highest BCUT2D eigenvalue weighted by Crippen LogP contribution is 2.40. The molecule has 0 aliphatic carbocycles. The number of urea groups is 1. The van der Waals surface area contributed by atoms with Crippen molar-refractivity contribution in [2.45, 2.75) is 6.18 Å². The van der Waals surface area contributed by atoms with Crippen LogP contribution in [0.2, 0.25) is 0 Å². The number of alkyl halides is 3. The fourth-order valence-electron chi connectivity index (χ4n) is 3.96. The van der Waals surface area contributed by atoms with Gasteiger partial charge in [-0.15, -0.1) is 11.3 Å². The Labute approximate surface area is 210 Å². The number of nitrogen functional groups attached to an aromatic ring is 1. The molecule has 0 atom stereocenters. The SMILES string of the molecule is Cn1cnc(-c2cccc(N(C(N)=O)c3cc(C(F)(F)F)ccc3F)c2)c1-c1cc2c(N)ncnc2s1. The van der Waals surface area contributed by atoms with E-state index < -0.39 is 29.3 Å². The number of fused-ring (bicyclic) bond motifs is 1. The van der Waals surface area contributed by atoms with Crippen LogP contribution in [0.4, 0.5) is 39.5 Å². The van der Waals surface area contributed by atoms with Gasteiger partial charge in [-0.25, -0.2) is 24.1 Å². The van der Waals surface area contributed by atoms with Gasteiger partial charge in [0.05, 0.1) is 44.9 Å². The third-order valence-corrected chi connectivity index (χ3v) is 6.69. The number of nitrogens with two attached hydrogens (primary N) is 2. The summed E-state index contributed by atoms with van der Waals surface area (Å²) in [6, 6.07) is 8.67. The van der Waals surface area contributed by atoms with Crippen LogP contribution < -0.4 is 16.4 Å². The first-order chi connectivity index (χ1) is 17.5. The summed E-state index contributed by atoms with van der Waals surface area (Å²) in [4.78, 5) is 27.2. The molecule has 188 valence electrons. The van der Waals surface area contributed by atoms with Crippen molar-refractivity contribution in [3.63, 3.8) is 0 Å². The second-order valence-corrected chi connectivity index (χ2v) is 9.06. The van der Waals surface area contributed by atoms with Gasteiger partial charge in [-0.3, -0.25) is 4.90 Å². The Bertz CT molecular complexity index is 1660. The second kappa shape index (κ2) is 8.85. The molecule has 3 aromatic heterocycles. The molecule has 5 aromatic rings. The second-order valence-electron chi connectivity index (χ2n) is 8.03. The highest BCUT2D eigenvalue weighted by Gasteiger charge is 2.32. The van der Waals surface area contributed by atoms with E-state index >= 15 is 0 Å². The third-order valence-electron chi connectivity index (χ3n) is 5.64. The Morgan fingerprint density at radius 2 is 1.86 bits per heavy atom. The minimum Gasteiger partial charge on any atom is -0.383 e. The zero-order valence-corrected chi connectivity index (χ0v) is 19.8. The van der Waals surface area contributed by atoms with Crippen molar-refractivity contribution in [2.75, 3.05) is 10.6 Å². The summed E-state index contributed by atoms with van der Waals surface area (Å²) in [6.45, 7) is 0. The van der Waals surface area contributed by atoms with Gasteiger partial charge in [0.2, 0.25) is 0 Å². The maximum absolute atomic E-state index is 14.6. The van der Waals surface area contributed by atoms with Crippen LogP contribution in [-0.2, 0) is 13.2 Å². The molecular weight excluding hydrogens is 510 g/mol. The summed E-state index contributed by atoms with van der Waals surface area (Å²) >= 11 is 1.38. The first-order valence-electron chi connectivity index (χ1n) is 10.6. The smallest absolute Gasteiger partial charge is 0.383 e. The van der Waals surface area contributed by atoms with Gasteiger partial charge in [0.1, 0.15) is 22.8 Å². The molecule has 0 radical (unpaired) electrons. The number of primary amides is 1. The lowest BCUT2D eigenvalue weighted by Crippen LogP contribution is -2.32. The molecule has 37 heavy (non-hydrogen) atoms. The van der Waals surface area contributed by atoms with Crippen molar-refractivity contribution in [3.8, 4) is 21.8 Å². The van der Waals surface area contributed by atoms with Crippen molar-refractivity contribution in [1.29, 1.82) is 0 Å². The maximum atomic E-state index is 14.6. The van der Waals surface area contributed by atoms with E-state index in [2.05, 4.69) is 15.0 Å². The minimum absolute atomic E-state index is 0.0614. The molecule has 0 bridgehead atoms. The van der Waals surface area contributed by atoms with Crippen LogP contribution in [0, 0.1) is 5.82 Å². The zero-order valence-electron chi connectivity index (χ0n) is 19.0. The van der Waals surface area contributed by atoms with Gasteiger partial charge in [-0.2, -0.15) is 13.2 Å². The summed E-state index contributed by atoms with van der Waals surface area (Å²) in [6.07, 6.45) is -1.78. The lowest BCUT2D eigenvalue weighted by Gasteiger charge is -2.23. The number of hydrogen-bond acceptors (Lipinski definition) is 6. The molecule has 13 heteroatoms. The lowest BCUT2D eigenvalue weighted by molar-refractivity contribution is -0.137. The van der Waals surface area contributed by atoms with Gasteiger partial charge < -0.3 is 16.0 Å². The fraction of sp³-hybridized carbons (Fsp3) is 0.0833. The Morgan fingerprint density at radius 3 is 2.57 bits per heavy atom. The summed E-state index contributed by atoms with van der Waals surface area (Å²) in [7, 11) is 1.79. The molecule has 0 unspecified atom stereocenters. The number of nitrogens with zero attached hydrogens (tertiary/aromatic N) is 5. The summed E-state index contributed by atoms with van der Waals surface area (Å²) in [5.41, 5.74) is 11.5. The van der Waals surface area contributed by atoms with Crippen molar-refractivity contribution in [2.24, 2.45) is 12.8 Å². The number of hydrogen-bond donors (Lipinski definition) is 2. The van der Waals surface area contributed by atoms with Crippen molar-refractivity contribution < 1.29 is 22.4 Å². The molecule has 0 aliphatic heterocycles. The molecule has 2 aromatic carbocycles. The number of amides is 2. The molecular formula is C24H17F4N7OS. The van der Waals surface area contributed by atoms with Crippen LogP contribution in [0.3, 0.4) is 0 Å². The van der Waals surface area contributed by atoms with Gasteiger partial charge in [0.25, 0.3) is 0 Å². The standard InChI is InChI=1S/C24H17F4N7OS/c1-34-11-33-19(20(34)18-9-15-21(29)31-10-32-22(15)37-18)12-3-2-4-14(7-12)35(23(30)36)17-8-13(24(26,27)28)5-6-16(17)25/h2-11H,1H3,(H2,30,36)(H2,29,31,32). The number of aromatic nitrogens is 4. The lowest BCUT2D eigenvalue weighted by atomic mass is 10.1. The van der Waals surface area contributed by atoms with Crippen molar-refractivity contribution in [3.05, 3.63) is 72.6 Å². The molecule has 0 saturated heterocycles. The molecule has 8 nitrogen and oxygen atoms in total. The topological polar surface area (TPSA) is 116 Å².